The molecule has 0 bridgehead atoms. The summed E-state index contributed by atoms with van der Waals surface area (Å²) in [5, 5.41) is 4.77. The maximum absolute atomic E-state index is 6.04. The highest BCUT2D eigenvalue weighted by Gasteiger charge is 2.25. The lowest BCUT2D eigenvalue weighted by Gasteiger charge is -2.37. The molecule has 0 aliphatic carbocycles. The smallest absolute Gasteiger partial charge is 0.130 e. The standard InChI is InChI=1S/C19H28N4O/c1-19(2,3)22-13-8-10-23(11-9-13)15-12-17(20)21-14-6-5-7-16(24-4)18(14)15/h5-7,12-13,22H,8-11H2,1-4H3,(H2,20,21). The third-order valence-electron chi connectivity index (χ3n) is 4.49. The Morgan fingerprint density at radius 2 is 1.96 bits per heavy atom. The Labute approximate surface area is 144 Å². The summed E-state index contributed by atoms with van der Waals surface area (Å²) < 4.78 is 5.57. The van der Waals surface area contributed by atoms with Crippen LogP contribution in [0.2, 0.25) is 0 Å². The van der Waals surface area contributed by atoms with E-state index in [1.807, 2.05) is 24.3 Å². The monoisotopic (exact) mass is 328 g/mol. The van der Waals surface area contributed by atoms with Gasteiger partial charge < -0.3 is 20.7 Å². The molecule has 1 fully saturated rings. The minimum absolute atomic E-state index is 0.157. The first-order valence-corrected chi connectivity index (χ1v) is 8.63. The molecule has 130 valence electrons. The van der Waals surface area contributed by atoms with E-state index in [9.17, 15) is 0 Å². The number of piperidine rings is 1. The molecule has 1 aromatic heterocycles. The van der Waals surface area contributed by atoms with Gasteiger partial charge in [-0.15, -0.1) is 0 Å². The lowest BCUT2D eigenvalue weighted by atomic mass is 9.99. The summed E-state index contributed by atoms with van der Waals surface area (Å²) in [6.45, 7) is 8.68. The highest BCUT2D eigenvalue weighted by Crippen LogP contribution is 2.36. The van der Waals surface area contributed by atoms with Gasteiger partial charge in [0, 0.05) is 30.7 Å². The van der Waals surface area contributed by atoms with Gasteiger partial charge >= 0.3 is 0 Å². The molecule has 0 amide bonds. The van der Waals surface area contributed by atoms with Crippen LogP contribution < -0.4 is 20.7 Å². The number of methoxy groups -OCH3 is 1. The lowest BCUT2D eigenvalue weighted by molar-refractivity contribution is 0.317. The number of hydrogen-bond acceptors (Lipinski definition) is 5. The quantitative estimate of drug-likeness (QED) is 0.906. The molecule has 2 aromatic rings. The molecule has 1 aromatic carbocycles. The van der Waals surface area contributed by atoms with Crippen molar-refractivity contribution in [3.8, 4) is 5.75 Å². The number of aromatic nitrogens is 1. The maximum Gasteiger partial charge on any atom is 0.130 e. The van der Waals surface area contributed by atoms with Gasteiger partial charge in [-0.2, -0.15) is 0 Å². The molecule has 0 radical (unpaired) electrons. The van der Waals surface area contributed by atoms with Gasteiger partial charge in [-0.3, -0.25) is 0 Å². The van der Waals surface area contributed by atoms with Crippen molar-refractivity contribution in [2.24, 2.45) is 0 Å². The van der Waals surface area contributed by atoms with Crippen LogP contribution in [0.4, 0.5) is 11.5 Å². The molecule has 0 unspecified atom stereocenters. The summed E-state index contributed by atoms with van der Waals surface area (Å²) in [7, 11) is 1.70. The summed E-state index contributed by atoms with van der Waals surface area (Å²) in [6, 6.07) is 8.47. The number of hydrogen-bond donors (Lipinski definition) is 2. The molecule has 3 rings (SSSR count). The minimum Gasteiger partial charge on any atom is -0.496 e. The second-order valence-corrected chi connectivity index (χ2v) is 7.58. The largest absolute Gasteiger partial charge is 0.496 e. The topological polar surface area (TPSA) is 63.4 Å². The third kappa shape index (κ3) is 3.56. The first-order valence-electron chi connectivity index (χ1n) is 8.63. The Bertz CT molecular complexity index is 715. The molecule has 1 aliphatic heterocycles. The fourth-order valence-electron chi connectivity index (χ4n) is 3.55. The van der Waals surface area contributed by atoms with Crippen molar-refractivity contribution in [1.82, 2.24) is 10.3 Å². The Hall–Kier alpha value is -2.01. The second-order valence-electron chi connectivity index (χ2n) is 7.58. The van der Waals surface area contributed by atoms with Gasteiger partial charge in [-0.1, -0.05) is 6.07 Å². The van der Waals surface area contributed by atoms with Gasteiger partial charge in [0.05, 0.1) is 23.7 Å². The number of fused-ring (bicyclic) bond motifs is 1. The summed E-state index contributed by atoms with van der Waals surface area (Å²) in [5.74, 6) is 1.41. The molecular weight excluding hydrogens is 300 g/mol. The van der Waals surface area contributed by atoms with Crippen LogP contribution in [0.25, 0.3) is 10.9 Å². The number of ether oxygens (including phenoxy) is 1. The van der Waals surface area contributed by atoms with Crippen molar-refractivity contribution in [3.63, 3.8) is 0 Å². The van der Waals surface area contributed by atoms with E-state index in [0.717, 1.165) is 48.3 Å². The molecule has 0 saturated carbocycles. The number of anilines is 2. The van der Waals surface area contributed by atoms with E-state index in [2.05, 4.69) is 36.0 Å². The first-order chi connectivity index (χ1) is 11.4. The Morgan fingerprint density at radius 3 is 2.58 bits per heavy atom. The molecule has 3 N–H and O–H groups in total. The van der Waals surface area contributed by atoms with Gasteiger partial charge in [-0.25, -0.2) is 4.98 Å². The fraction of sp³-hybridized carbons (Fsp3) is 0.526. The molecule has 5 heteroatoms. The van der Waals surface area contributed by atoms with Crippen LogP contribution in [0.5, 0.6) is 5.75 Å². The molecule has 5 nitrogen and oxygen atoms in total. The summed E-state index contributed by atoms with van der Waals surface area (Å²) in [6.07, 6.45) is 2.24. The second kappa shape index (κ2) is 6.48. The first kappa shape index (κ1) is 16.8. The number of benzene rings is 1. The lowest BCUT2D eigenvalue weighted by Crippen LogP contribution is -2.49. The SMILES string of the molecule is COc1cccc2nc(N)cc(N3CCC(NC(C)(C)C)CC3)c12. The van der Waals surface area contributed by atoms with Gasteiger partial charge in [0.15, 0.2) is 0 Å². The predicted molar refractivity (Wildman–Crippen MR) is 101 cm³/mol. The van der Waals surface area contributed by atoms with E-state index in [1.165, 1.54) is 0 Å². The Balaban J connectivity index is 1.88. The molecule has 1 aliphatic rings. The van der Waals surface area contributed by atoms with Gasteiger partial charge in [0.2, 0.25) is 0 Å². The van der Waals surface area contributed by atoms with Crippen LogP contribution in [-0.4, -0.2) is 36.8 Å². The minimum atomic E-state index is 0.157. The zero-order valence-corrected chi connectivity index (χ0v) is 15.1. The number of nitrogens with one attached hydrogen (secondary N) is 1. The van der Waals surface area contributed by atoms with E-state index >= 15 is 0 Å². The van der Waals surface area contributed by atoms with E-state index in [4.69, 9.17) is 10.5 Å². The maximum atomic E-state index is 6.04. The highest BCUT2D eigenvalue weighted by atomic mass is 16.5. The van der Waals surface area contributed by atoms with E-state index in [0.29, 0.717) is 11.9 Å². The van der Waals surface area contributed by atoms with Crippen molar-refractivity contribution < 1.29 is 4.74 Å². The zero-order chi connectivity index (χ0) is 17.3. The number of nitrogens with two attached hydrogens (primary N) is 1. The zero-order valence-electron chi connectivity index (χ0n) is 15.1. The molecule has 0 atom stereocenters. The molecule has 0 spiro atoms. The third-order valence-corrected chi connectivity index (χ3v) is 4.49. The number of nitrogens with zero attached hydrogens (tertiary/aromatic N) is 2. The molecule has 1 saturated heterocycles. The van der Waals surface area contributed by atoms with Crippen LogP contribution >= 0.6 is 0 Å². The van der Waals surface area contributed by atoms with Crippen LogP contribution in [0.3, 0.4) is 0 Å². The van der Waals surface area contributed by atoms with Gasteiger partial charge in [0.1, 0.15) is 11.6 Å². The molecule has 24 heavy (non-hydrogen) atoms. The van der Waals surface area contributed by atoms with Crippen LogP contribution in [0.15, 0.2) is 24.3 Å². The van der Waals surface area contributed by atoms with Crippen LogP contribution in [0, 0.1) is 0 Å². The number of nitrogen functional groups attached to an aromatic ring is 1. The van der Waals surface area contributed by atoms with Crippen LogP contribution in [-0.2, 0) is 0 Å². The van der Waals surface area contributed by atoms with Crippen molar-refractivity contribution in [1.29, 1.82) is 0 Å². The van der Waals surface area contributed by atoms with Crippen LogP contribution in [0.1, 0.15) is 33.6 Å². The fourth-order valence-corrected chi connectivity index (χ4v) is 3.55. The van der Waals surface area contributed by atoms with E-state index in [-0.39, 0.29) is 5.54 Å². The van der Waals surface area contributed by atoms with Crippen molar-refractivity contribution in [2.45, 2.75) is 45.2 Å². The number of pyridine rings is 1. The normalized spacial score (nSPS) is 16.6. The van der Waals surface area contributed by atoms with Gasteiger partial charge in [-0.05, 0) is 45.7 Å². The van der Waals surface area contributed by atoms with Crippen molar-refractivity contribution in [2.75, 3.05) is 30.8 Å². The average molecular weight is 328 g/mol. The summed E-state index contributed by atoms with van der Waals surface area (Å²) in [5.41, 5.74) is 8.22. The summed E-state index contributed by atoms with van der Waals surface area (Å²) >= 11 is 0. The van der Waals surface area contributed by atoms with E-state index in [1.54, 1.807) is 7.11 Å². The van der Waals surface area contributed by atoms with Crippen molar-refractivity contribution >= 4 is 22.4 Å². The average Bonchev–Trinajstić information content (AvgIpc) is 2.52. The summed E-state index contributed by atoms with van der Waals surface area (Å²) in [4.78, 5) is 6.87. The highest BCUT2D eigenvalue weighted by molar-refractivity contribution is 5.98. The Morgan fingerprint density at radius 1 is 1.25 bits per heavy atom. The predicted octanol–water partition coefficient (Wildman–Crippen LogP) is 3.18. The van der Waals surface area contributed by atoms with E-state index < -0.39 is 0 Å². The molecule has 2 heterocycles. The van der Waals surface area contributed by atoms with Crippen molar-refractivity contribution in [3.05, 3.63) is 24.3 Å². The number of rotatable bonds is 3. The van der Waals surface area contributed by atoms with Gasteiger partial charge in [0.25, 0.3) is 0 Å². The molecular formula is C19H28N4O. The Kier molecular flexibility index (Phi) is 4.54.